The average Bonchev–Trinajstić information content (AvgIpc) is 2.66. The number of nitrogens with zero attached hydrogens (tertiary/aromatic N) is 1. The van der Waals surface area contributed by atoms with Gasteiger partial charge in [0, 0.05) is 19.5 Å². The molecule has 2 bridgehead atoms. The van der Waals surface area contributed by atoms with Crippen molar-refractivity contribution >= 4 is 5.91 Å². The lowest BCUT2D eigenvalue weighted by Gasteiger charge is -2.12. The van der Waals surface area contributed by atoms with E-state index in [1.807, 2.05) is 18.0 Å². The Morgan fingerprint density at radius 2 is 2.25 bits per heavy atom. The summed E-state index contributed by atoms with van der Waals surface area (Å²) in [5.74, 6) is 0.819. The maximum atomic E-state index is 11.6. The topological polar surface area (TPSA) is 29.5 Å². The molecule has 0 spiro atoms. The first-order valence-corrected chi connectivity index (χ1v) is 4.36. The normalized spacial score (nSPS) is 49.1. The van der Waals surface area contributed by atoms with Crippen molar-refractivity contribution in [3.05, 3.63) is 12.2 Å². The number of carbonyl (C=O) groups excluding carboxylic acids is 1. The highest BCUT2D eigenvalue weighted by Crippen LogP contribution is 2.43. The molecule has 3 aliphatic heterocycles. The first-order chi connectivity index (χ1) is 5.77. The van der Waals surface area contributed by atoms with Crippen molar-refractivity contribution in [2.75, 3.05) is 13.6 Å². The van der Waals surface area contributed by atoms with Crippen molar-refractivity contribution in [3.63, 3.8) is 0 Å². The predicted octanol–water partition coefficient (Wildman–Crippen LogP) is 0.0280. The summed E-state index contributed by atoms with van der Waals surface area (Å²) in [5.41, 5.74) is 0. The molecule has 0 aliphatic carbocycles. The van der Waals surface area contributed by atoms with Gasteiger partial charge >= 0.3 is 0 Å². The van der Waals surface area contributed by atoms with E-state index in [0.717, 1.165) is 6.54 Å². The van der Waals surface area contributed by atoms with Crippen LogP contribution in [-0.4, -0.2) is 36.6 Å². The fraction of sp³-hybridized carbons (Fsp3) is 0.667. The number of hydrogen-bond acceptors (Lipinski definition) is 2. The van der Waals surface area contributed by atoms with E-state index in [1.54, 1.807) is 0 Å². The van der Waals surface area contributed by atoms with E-state index in [4.69, 9.17) is 4.74 Å². The van der Waals surface area contributed by atoms with E-state index >= 15 is 0 Å². The standard InChI is InChI=1S/C9H11NO2/c1-10-4-5-6-2-3-7(12-6)8(5)9(10)11/h2-3,5-8H,4H2,1H3. The Kier molecular flexibility index (Phi) is 1.06. The molecular weight excluding hydrogens is 154 g/mol. The fourth-order valence-corrected chi connectivity index (χ4v) is 2.59. The summed E-state index contributed by atoms with van der Waals surface area (Å²) in [6.07, 6.45) is 4.42. The summed E-state index contributed by atoms with van der Waals surface area (Å²) in [6, 6.07) is 0. The average molecular weight is 165 g/mol. The van der Waals surface area contributed by atoms with E-state index in [-0.39, 0.29) is 24.0 Å². The van der Waals surface area contributed by atoms with E-state index in [9.17, 15) is 4.79 Å². The molecule has 4 unspecified atom stereocenters. The Bertz CT molecular complexity index is 274. The van der Waals surface area contributed by atoms with Crippen LogP contribution in [0.25, 0.3) is 0 Å². The first kappa shape index (κ1) is 6.66. The van der Waals surface area contributed by atoms with Gasteiger partial charge < -0.3 is 9.64 Å². The van der Waals surface area contributed by atoms with Crippen LogP contribution in [0.5, 0.6) is 0 Å². The summed E-state index contributed by atoms with van der Waals surface area (Å²) >= 11 is 0. The van der Waals surface area contributed by atoms with Crippen LogP contribution in [0.4, 0.5) is 0 Å². The summed E-state index contributed by atoms with van der Waals surface area (Å²) in [5, 5.41) is 0. The second kappa shape index (κ2) is 1.91. The van der Waals surface area contributed by atoms with Gasteiger partial charge in [0.15, 0.2) is 0 Å². The molecule has 0 aromatic carbocycles. The molecule has 3 aliphatic rings. The van der Waals surface area contributed by atoms with Crippen LogP contribution in [0.2, 0.25) is 0 Å². The molecule has 0 radical (unpaired) electrons. The van der Waals surface area contributed by atoms with Gasteiger partial charge in [-0.2, -0.15) is 0 Å². The first-order valence-electron chi connectivity index (χ1n) is 4.36. The summed E-state index contributed by atoms with van der Waals surface area (Å²) < 4.78 is 5.60. The van der Waals surface area contributed by atoms with Crippen LogP contribution in [0.3, 0.4) is 0 Å². The molecule has 1 amide bonds. The quantitative estimate of drug-likeness (QED) is 0.474. The van der Waals surface area contributed by atoms with Gasteiger partial charge in [-0.1, -0.05) is 12.2 Å². The molecular formula is C9H11NO2. The molecule has 4 atom stereocenters. The second-order valence-corrected chi connectivity index (χ2v) is 3.86. The molecule has 0 aromatic heterocycles. The number of rotatable bonds is 0. The van der Waals surface area contributed by atoms with Crippen LogP contribution < -0.4 is 0 Å². The lowest BCUT2D eigenvalue weighted by atomic mass is 9.86. The maximum Gasteiger partial charge on any atom is 0.228 e. The van der Waals surface area contributed by atoms with Gasteiger partial charge in [0.05, 0.1) is 18.1 Å². The third-order valence-electron chi connectivity index (χ3n) is 3.19. The molecule has 2 fully saturated rings. The number of fused-ring (bicyclic) bond motifs is 5. The lowest BCUT2D eigenvalue weighted by molar-refractivity contribution is -0.131. The van der Waals surface area contributed by atoms with Crippen molar-refractivity contribution in [3.8, 4) is 0 Å². The zero-order valence-electron chi connectivity index (χ0n) is 6.93. The largest absolute Gasteiger partial charge is 0.366 e. The van der Waals surface area contributed by atoms with Crippen molar-refractivity contribution in [2.45, 2.75) is 12.2 Å². The molecule has 0 N–H and O–H groups in total. The van der Waals surface area contributed by atoms with E-state index < -0.39 is 0 Å². The third kappa shape index (κ3) is 0.591. The molecule has 3 heterocycles. The molecule has 2 saturated heterocycles. The van der Waals surface area contributed by atoms with Crippen LogP contribution >= 0.6 is 0 Å². The highest BCUT2D eigenvalue weighted by atomic mass is 16.5. The molecule has 3 rings (SSSR count). The van der Waals surface area contributed by atoms with Crippen molar-refractivity contribution in [2.24, 2.45) is 11.8 Å². The van der Waals surface area contributed by atoms with Crippen LogP contribution in [0.15, 0.2) is 12.2 Å². The Morgan fingerprint density at radius 3 is 3.00 bits per heavy atom. The van der Waals surface area contributed by atoms with Crippen LogP contribution in [0, 0.1) is 11.8 Å². The smallest absolute Gasteiger partial charge is 0.228 e. The van der Waals surface area contributed by atoms with E-state index in [2.05, 4.69) is 6.08 Å². The summed E-state index contributed by atoms with van der Waals surface area (Å²) in [4.78, 5) is 13.4. The number of hydrogen-bond donors (Lipinski definition) is 0. The lowest BCUT2D eigenvalue weighted by Crippen LogP contribution is -2.28. The molecule has 64 valence electrons. The minimum absolute atomic E-state index is 0.0810. The Labute approximate surface area is 71.0 Å². The van der Waals surface area contributed by atoms with E-state index in [0.29, 0.717) is 5.92 Å². The zero-order chi connectivity index (χ0) is 8.29. The van der Waals surface area contributed by atoms with Crippen molar-refractivity contribution < 1.29 is 9.53 Å². The summed E-state index contributed by atoms with van der Waals surface area (Å²) in [6.45, 7) is 0.870. The molecule has 0 aromatic rings. The van der Waals surface area contributed by atoms with E-state index in [1.165, 1.54) is 0 Å². The Balaban J connectivity index is 2.00. The number of ether oxygens (including phenoxy) is 1. The minimum Gasteiger partial charge on any atom is -0.366 e. The van der Waals surface area contributed by atoms with Gasteiger partial charge in [-0.05, 0) is 0 Å². The monoisotopic (exact) mass is 165 g/mol. The zero-order valence-corrected chi connectivity index (χ0v) is 6.93. The van der Waals surface area contributed by atoms with Crippen LogP contribution in [-0.2, 0) is 9.53 Å². The maximum absolute atomic E-state index is 11.6. The van der Waals surface area contributed by atoms with Gasteiger partial charge in [-0.25, -0.2) is 0 Å². The Hall–Kier alpha value is -0.830. The highest BCUT2D eigenvalue weighted by molar-refractivity contribution is 5.83. The van der Waals surface area contributed by atoms with Gasteiger partial charge in [0.2, 0.25) is 5.91 Å². The number of likely N-dealkylation sites (tertiary alicyclic amines) is 1. The third-order valence-corrected chi connectivity index (χ3v) is 3.19. The molecule has 3 nitrogen and oxygen atoms in total. The minimum atomic E-state index is 0.0810. The van der Waals surface area contributed by atoms with Gasteiger partial charge in [-0.3, -0.25) is 4.79 Å². The fourth-order valence-electron chi connectivity index (χ4n) is 2.59. The molecule has 0 saturated carbocycles. The van der Waals surface area contributed by atoms with Gasteiger partial charge in [-0.15, -0.1) is 0 Å². The van der Waals surface area contributed by atoms with Crippen LogP contribution in [0.1, 0.15) is 0 Å². The predicted molar refractivity (Wildman–Crippen MR) is 42.4 cm³/mol. The molecule has 12 heavy (non-hydrogen) atoms. The SMILES string of the molecule is CN1CC2C3C=CC(O3)C2C1=O. The van der Waals surface area contributed by atoms with Crippen molar-refractivity contribution in [1.29, 1.82) is 0 Å². The van der Waals surface area contributed by atoms with Crippen molar-refractivity contribution in [1.82, 2.24) is 4.90 Å². The molecule has 3 heteroatoms. The number of carbonyl (C=O) groups is 1. The highest BCUT2D eigenvalue weighted by Gasteiger charge is 2.54. The summed E-state index contributed by atoms with van der Waals surface area (Å²) in [7, 11) is 1.88. The Morgan fingerprint density at radius 1 is 1.50 bits per heavy atom. The van der Waals surface area contributed by atoms with Gasteiger partial charge in [0.1, 0.15) is 0 Å². The van der Waals surface area contributed by atoms with Gasteiger partial charge in [0.25, 0.3) is 0 Å². The number of amides is 1. The second-order valence-electron chi connectivity index (χ2n) is 3.86.